The van der Waals surface area contributed by atoms with Gasteiger partial charge in [-0.05, 0) is 24.1 Å². The van der Waals surface area contributed by atoms with E-state index in [2.05, 4.69) is 0 Å². The fourth-order valence-electron chi connectivity index (χ4n) is 2.27. The van der Waals surface area contributed by atoms with E-state index in [1.807, 2.05) is 4.90 Å². The number of amides is 1. The van der Waals surface area contributed by atoms with Gasteiger partial charge in [0.2, 0.25) is 5.91 Å². The van der Waals surface area contributed by atoms with Crippen molar-refractivity contribution in [2.75, 3.05) is 33.2 Å². The summed E-state index contributed by atoms with van der Waals surface area (Å²) in [6.45, 7) is 2.17. The summed E-state index contributed by atoms with van der Waals surface area (Å²) in [5, 5.41) is 10.1. The van der Waals surface area contributed by atoms with Crippen LogP contribution in [-0.4, -0.2) is 54.0 Å². The zero-order valence-corrected chi connectivity index (χ0v) is 11.1. The van der Waals surface area contributed by atoms with E-state index in [1.54, 1.807) is 24.1 Å². The second kappa shape index (κ2) is 6.12. The fraction of sp³-hybridized carbons (Fsp3) is 0.500. The van der Waals surface area contributed by atoms with Crippen LogP contribution in [0.2, 0.25) is 0 Å². The number of nitrogens with zero attached hydrogens (tertiary/aromatic N) is 2. The first-order valence-corrected chi connectivity index (χ1v) is 6.46. The highest BCUT2D eigenvalue weighted by Gasteiger charge is 2.21. The minimum Gasteiger partial charge on any atom is -0.387 e. The van der Waals surface area contributed by atoms with Crippen molar-refractivity contribution >= 4 is 5.91 Å². The van der Waals surface area contributed by atoms with Crippen molar-refractivity contribution in [2.45, 2.75) is 12.5 Å². The molecule has 4 nitrogen and oxygen atoms in total. The van der Waals surface area contributed by atoms with E-state index in [-0.39, 0.29) is 11.7 Å². The number of carbonyl (C=O) groups excluding carboxylic acids is 1. The van der Waals surface area contributed by atoms with E-state index in [0.29, 0.717) is 18.7 Å². The molecule has 2 rings (SSSR count). The third-order valence-electron chi connectivity index (χ3n) is 3.42. The van der Waals surface area contributed by atoms with E-state index >= 15 is 0 Å². The standard InChI is InChI=1S/C14H19FN2O2/c1-16-6-3-7-17(10-14(16)19)9-13(18)11-4-2-5-12(15)8-11/h2,4-5,8,13,18H,3,6-7,9-10H2,1H3/t13-/m0/s1. The molecule has 104 valence electrons. The number of aliphatic hydroxyl groups excluding tert-OH is 1. The van der Waals surface area contributed by atoms with Crippen molar-refractivity contribution < 1.29 is 14.3 Å². The van der Waals surface area contributed by atoms with Gasteiger partial charge in [-0.25, -0.2) is 4.39 Å². The number of hydrogen-bond acceptors (Lipinski definition) is 3. The Morgan fingerprint density at radius 3 is 2.95 bits per heavy atom. The van der Waals surface area contributed by atoms with E-state index in [0.717, 1.165) is 19.5 Å². The zero-order valence-electron chi connectivity index (χ0n) is 11.1. The van der Waals surface area contributed by atoms with Crippen molar-refractivity contribution in [3.8, 4) is 0 Å². The van der Waals surface area contributed by atoms with Gasteiger partial charge in [0.25, 0.3) is 0 Å². The Balaban J connectivity index is 1.98. The third-order valence-corrected chi connectivity index (χ3v) is 3.42. The number of hydrogen-bond donors (Lipinski definition) is 1. The van der Waals surface area contributed by atoms with Crippen LogP contribution in [-0.2, 0) is 4.79 Å². The topological polar surface area (TPSA) is 43.8 Å². The molecule has 1 aromatic carbocycles. The van der Waals surface area contributed by atoms with Crippen molar-refractivity contribution in [1.29, 1.82) is 0 Å². The normalized spacial score (nSPS) is 19.3. The summed E-state index contributed by atoms with van der Waals surface area (Å²) in [6, 6.07) is 5.95. The van der Waals surface area contributed by atoms with Crippen molar-refractivity contribution in [3.63, 3.8) is 0 Å². The van der Waals surface area contributed by atoms with Gasteiger partial charge in [-0.2, -0.15) is 0 Å². The molecule has 1 amide bonds. The van der Waals surface area contributed by atoms with Crippen LogP contribution in [0.15, 0.2) is 24.3 Å². The molecule has 19 heavy (non-hydrogen) atoms. The lowest BCUT2D eigenvalue weighted by Crippen LogP contribution is -2.36. The molecule has 1 aromatic rings. The highest BCUT2D eigenvalue weighted by molar-refractivity contribution is 5.78. The molecule has 0 radical (unpaired) electrons. The Kier molecular flexibility index (Phi) is 4.50. The van der Waals surface area contributed by atoms with Gasteiger partial charge in [0, 0.05) is 26.7 Å². The first-order chi connectivity index (χ1) is 9.06. The summed E-state index contributed by atoms with van der Waals surface area (Å²) in [5.41, 5.74) is 0.546. The summed E-state index contributed by atoms with van der Waals surface area (Å²) < 4.78 is 13.1. The van der Waals surface area contributed by atoms with Gasteiger partial charge in [0.1, 0.15) is 5.82 Å². The maximum Gasteiger partial charge on any atom is 0.236 e. The van der Waals surface area contributed by atoms with Gasteiger partial charge in [-0.1, -0.05) is 12.1 Å². The molecular weight excluding hydrogens is 247 g/mol. The van der Waals surface area contributed by atoms with Crippen molar-refractivity contribution in [1.82, 2.24) is 9.80 Å². The van der Waals surface area contributed by atoms with Gasteiger partial charge in [-0.3, -0.25) is 9.69 Å². The largest absolute Gasteiger partial charge is 0.387 e. The molecule has 1 fully saturated rings. The first-order valence-electron chi connectivity index (χ1n) is 6.46. The number of β-amino-alcohol motifs (C(OH)–C–C–N with tert-alkyl or cyclic N) is 1. The molecular formula is C14H19FN2O2. The highest BCUT2D eigenvalue weighted by Crippen LogP contribution is 2.16. The molecule has 1 heterocycles. The highest BCUT2D eigenvalue weighted by atomic mass is 19.1. The van der Waals surface area contributed by atoms with E-state index < -0.39 is 6.10 Å². The molecule has 1 aliphatic heterocycles. The second-order valence-corrected chi connectivity index (χ2v) is 4.97. The number of rotatable bonds is 3. The molecule has 1 N–H and O–H groups in total. The Labute approximate surface area is 112 Å². The van der Waals surface area contributed by atoms with Crippen molar-refractivity contribution in [2.24, 2.45) is 0 Å². The monoisotopic (exact) mass is 266 g/mol. The predicted octanol–water partition coefficient (Wildman–Crippen LogP) is 1.02. The number of likely N-dealkylation sites (N-methyl/N-ethyl adjacent to an activating group) is 1. The molecule has 0 unspecified atom stereocenters. The molecule has 0 spiro atoms. The first kappa shape index (κ1) is 14.0. The number of aliphatic hydroxyl groups is 1. The molecule has 1 saturated heterocycles. The lowest BCUT2D eigenvalue weighted by atomic mass is 10.1. The van der Waals surface area contributed by atoms with E-state index in [9.17, 15) is 14.3 Å². The smallest absolute Gasteiger partial charge is 0.236 e. The summed E-state index contributed by atoms with van der Waals surface area (Å²) in [4.78, 5) is 15.4. The average Bonchev–Trinajstić information content (AvgIpc) is 2.52. The van der Waals surface area contributed by atoms with Gasteiger partial charge in [-0.15, -0.1) is 0 Å². The lowest BCUT2D eigenvalue weighted by molar-refractivity contribution is -0.130. The maximum atomic E-state index is 13.1. The molecule has 0 aromatic heterocycles. The van der Waals surface area contributed by atoms with E-state index in [4.69, 9.17) is 0 Å². The van der Waals surface area contributed by atoms with Crippen molar-refractivity contribution in [3.05, 3.63) is 35.6 Å². The Morgan fingerprint density at radius 2 is 2.21 bits per heavy atom. The van der Waals surface area contributed by atoms with Crippen LogP contribution in [0, 0.1) is 5.82 Å². The van der Waals surface area contributed by atoms with Crippen LogP contribution in [0.25, 0.3) is 0 Å². The molecule has 0 saturated carbocycles. The number of carbonyl (C=O) groups is 1. The van der Waals surface area contributed by atoms with E-state index in [1.165, 1.54) is 12.1 Å². The summed E-state index contributed by atoms with van der Waals surface area (Å²) >= 11 is 0. The van der Waals surface area contributed by atoms with Gasteiger partial charge in [0.05, 0.1) is 12.6 Å². The minimum absolute atomic E-state index is 0.0592. The zero-order chi connectivity index (χ0) is 13.8. The Morgan fingerprint density at radius 1 is 1.42 bits per heavy atom. The van der Waals surface area contributed by atoms with Gasteiger partial charge < -0.3 is 10.0 Å². The van der Waals surface area contributed by atoms with Crippen LogP contribution >= 0.6 is 0 Å². The van der Waals surface area contributed by atoms with Gasteiger partial charge >= 0.3 is 0 Å². The molecule has 0 aliphatic carbocycles. The summed E-state index contributed by atoms with van der Waals surface area (Å²) in [6.07, 6.45) is 0.116. The number of benzene rings is 1. The molecule has 5 heteroatoms. The maximum absolute atomic E-state index is 13.1. The summed E-state index contributed by atoms with van der Waals surface area (Å²) in [7, 11) is 1.79. The molecule has 1 atom stereocenters. The van der Waals surface area contributed by atoms with Crippen LogP contribution in [0.1, 0.15) is 18.1 Å². The average molecular weight is 266 g/mol. The predicted molar refractivity (Wildman–Crippen MR) is 70.1 cm³/mol. The minimum atomic E-state index is -0.771. The van der Waals surface area contributed by atoms with Crippen LogP contribution < -0.4 is 0 Å². The molecule has 0 bridgehead atoms. The number of halogens is 1. The fourth-order valence-corrected chi connectivity index (χ4v) is 2.27. The van der Waals surface area contributed by atoms with Crippen LogP contribution in [0.4, 0.5) is 4.39 Å². The third kappa shape index (κ3) is 3.75. The van der Waals surface area contributed by atoms with Gasteiger partial charge in [0.15, 0.2) is 0 Å². The van der Waals surface area contributed by atoms with Crippen LogP contribution in [0.5, 0.6) is 0 Å². The Hall–Kier alpha value is -1.46. The lowest BCUT2D eigenvalue weighted by Gasteiger charge is -2.22. The summed E-state index contributed by atoms with van der Waals surface area (Å²) in [5.74, 6) is -0.299. The second-order valence-electron chi connectivity index (χ2n) is 4.97. The van der Waals surface area contributed by atoms with Crippen LogP contribution in [0.3, 0.4) is 0 Å². The Bertz CT molecular complexity index is 453. The SMILES string of the molecule is CN1CCCN(C[C@H](O)c2cccc(F)c2)CC1=O. The quantitative estimate of drug-likeness (QED) is 0.888. The molecule has 1 aliphatic rings.